The molecule has 0 radical (unpaired) electrons. The van der Waals surface area contributed by atoms with Gasteiger partial charge in [0.25, 0.3) is 0 Å². The van der Waals surface area contributed by atoms with E-state index in [0.717, 1.165) is 18.5 Å². The van der Waals surface area contributed by atoms with Crippen molar-refractivity contribution in [2.45, 2.75) is 39.0 Å². The molecule has 0 spiro atoms. The number of esters is 2. The van der Waals surface area contributed by atoms with Gasteiger partial charge in [-0.15, -0.1) is 0 Å². The minimum absolute atomic E-state index is 0.0660. The summed E-state index contributed by atoms with van der Waals surface area (Å²) < 4.78 is 9.43. The number of hydrogen-bond donors (Lipinski definition) is 0. The molecule has 1 unspecified atom stereocenters. The van der Waals surface area contributed by atoms with Crippen LogP contribution in [0.25, 0.3) is 0 Å². The third kappa shape index (κ3) is 4.41. The average Bonchev–Trinajstić information content (AvgIpc) is 2.58. The van der Waals surface area contributed by atoms with Gasteiger partial charge in [0.2, 0.25) is 0 Å². The molecule has 1 aromatic carbocycles. The second-order valence-electron chi connectivity index (χ2n) is 5.77. The number of aliphatic imine (C=N–C) groups is 1. The van der Waals surface area contributed by atoms with Gasteiger partial charge in [0.05, 0.1) is 26.3 Å². The summed E-state index contributed by atoms with van der Waals surface area (Å²) in [7, 11) is 2.60. The SMILES string of the molecule is COC(=O)CC(C(=O)OC)C(C)=Nc1ccc2c(c1)CCCC2. The summed E-state index contributed by atoms with van der Waals surface area (Å²) >= 11 is 0. The van der Waals surface area contributed by atoms with Gasteiger partial charge < -0.3 is 9.47 Å². The molecule has 0 amide bonds. The second-order valence-corrected chi connectivity index (χ2v) is 5.77. The van der Waals surface area contributed by atoms with Gasteiger partial charge in [0.15, 0.2) is 0 Å². The molecule has 0 aliphatic heterocycles. The van der Waals surface area contributed by atoms with Crippen LogP contribution in [0, 0.1) is 5.92 Å². The predicted octanol–water partition coefficient (Wildman–Crippen LogP) is 3.01. The molecule has 124 valence electrons. The summed E-state index contributed by atoms with van der Waals surface area (Å²) in [4.78, 5) is 28.0. The van der Waals surface area contributed by atoms with E-state index in [1.807, 2.05) is 6.07 Å². The largest absolute Gasteiger partial charge is 0.469 e. The number of fused-ring (bicyclic) bond motifs is 1. The van der Waals surface area contributed by atoms with E-state index in [-0.39, 0.29) is 6.42 Å². The molecule has 0 aromatic heterocycles. The van der Waals surface area contributed by atoms with Crippen molar-refractivity contribution in [1.82, 2.24) is 0 Å². The zero-order valence-electron chi connectivity index (χ0n) is 13.9. The molecule has 23 heavy (non-hydrogen) atoms. The van der Waals surface area contributed by atoms with Crippen molar-refractivity contribution in [2.75, 3.05) is 14.2 Å². The zero-order chi connectivity index (χ0) is 16.8. The van der Waals surface area contributed by atoms with E-state index < -0.39 is 17.9 Å². The van der Waals surface area contributed by atoms with E-state index in [1.54, 1.807) is 6.92 Å². The zero-order valence-corrected chi connectivity index (χ0v) is 13.9. The summed E-state index contributed by atoms with van der Waals surface area (Å²) in [6, 6.07) is 6.14. The maximum absolute atomic E-state index is 11.9. The molecule has 0 saturated heterocycles. The smallest absolute Gasteiger partial charge is 0.314 e. The summed E-state index contributed by atoms with van der Waals surface area (Å²) in [5.41, 5.74) is 4.07. The number of nitrogens with zero attached hydrogens (tertiary/aromatic N) is 1. The van der Waals surface area contributed by atoms with Crippen molar-refractivity contribution >= 4 is 23.3 Å². The fraction of sp³-hybridized carbons (Fsp3) is 0.500. The van der Waals surface area contributed by atoms with E-state index in [4.69, 9.17) is 4.74 Å². The molecule has 0 heterocycles. The lowest BCUT2D eigenvalue weighted by Crippen LogP contribution is -2.26. The lowest BCUT2D eigenvalue weighted by atomic mass is 9.91. The number of carbonyl (C=O) groups excluding carboxylic acids is 2. The Kier molecular flexibility index (Phi) is 5.90. The monoisotopic (exact) mass is 317 g/mol. The Morgan fingerprint density at radius 2 is 1.83 bits per heavy atom. The molecule has 0 fully saturated rings. The molecule has 1 aliphatic carbocycles. The molecule has 0 N–H and O–H groups in total. The molecule has 2 rings (SSSR count). The van der Waals surface area contributed by atoms with Crippen LogP contribution in [0.1, 0.15) is 37.3 Å². The number of rotatable bonds is 5. The van der Waals surface area contributed by atoms with Crippen molar-refractivity contribution in [3.05, 3.63) is 29.3 Å². The topological polar surface area (TPSA) is 65.0 Å². The normalized spacial score (nSPS) is 15.5. The van der Waals surface area contributed by atoms with E-state index in [9.17, 15) is 9.59 Å². The highest BCUT2D eigenvalue weighted by atomic mass is 16.5. The van der Waals surface area contributed by atoms with Gasteiger partial charge in [-0.05, 0) is 55.9 Å². The Hall–Kier alpha value is -2.17. The predicted molar refractivity (Wildman–Crippen MR) is 88.0 cm³/mol. The first-order valence-electron chi connectivity index (χ1n) is 7.86. The molecular weight excluding hydrogens is 294 g/mol. The Bertz CT molecular complexity index is 621. The van der Waals surface area contributed by atoms with E-state index in [1.165, 1.54) is 38.2 Å². The number of carbonyl (C=O) groups is 2. The average molecular weight is 317 g/mol. The lowest BCUT2D eigenvalue weighted by Gasteiger charge is -2.16. The van der Waals surface area contributed by atoms with Gasteiger partial charge in [-0.25, -0.2) is 0 Å². The van der Waals surface area contributed by atoms with Crippen LogP contribution in [-0.4, -0.2) is 31.9 Å². The quantitative estimate of drug-likeness (QED) is 0.618. The number of methoxy groups -OCH3 is 2. The molecule has 1 atom stereocenters. The summed E-state index contributed by atoms with van der Waals surface area (Å²) in [6.07, 6.45) is 4.56. The van der Waals surface area contributed by atoms with Gasteiger partial charge in [-0.3, -0.25) is 14.6 Å². The summed E-state index contributed by atoms with van der Waals surface area (Å²) in [5.74, 6) is -1.65. The Labute approximate surface area is 136 Å². The number of aryl methyl sites for hydroxylation is 2. The van der Waals surface area contributed by atoms with Crippen LogP contribution in [0.4, 0.5) is 5.69 Å². The minimum Gasteiger partial charge on any atom is -0.469 e. The van der Waals surface area contributed by atoms with Crippen molar-refractivity contribution in [2.24, 2.45) is 10.9 Å². The van der Waals surface area contributed by atoms with Gasteiger partial charge in [-0.1, -0.05) is 6.07 Å². The molecule has 1 aliphatic rings. The fourth-order valence-electron chi connectivity index (χ4n) is 2.86. The van der Waals surface area contributed by atoms with E-state index in [0.29, 0.717) is 5.71 Å². The van der Waals surface area contributed by atoms with Crippen molar-refractivity contribution in [3.63, 3.8) is 0 Å². The molecule has 0 bridgehead atoms. The van der Waals surface area contributed by atoms with Gasteiger partial charge >= 0.3 is 11.9 Å². The Balaban J connectivity index is 2.24. The van der Waals surface area contributed by atoms with Gasteiger partial charge in [-0.2, -0.15) is 0 Å². The molecular formula is C18H23NO4. The molecule has 5 nitrogen and oxygen atoms in total. The van der Waals surface area contributed by atoms with Crippen molar-refractivity contribution < 1.29 is 19.1 Å². The van der Waals surface area contributed by atoms with Crippen molar-refractivity contribution in [1.29, 1.82) is 0 Å². The van der Waals surface area contributed by atoms with E-state index in [2.05, 4.69) is 21.9 Å². The Morgan fingerprint density at radius 1 is 1.13 bits per heavy atom. The number of benzene rings is 1. The lowest BCUT2D eigenvalue weighted by molar-refractivity contribution is -0.149. The third-order valence-electron chi connectivity index (χ3n) is 4.23. The maximum Gasteiger partial charge on any atom is 0.314 e. The van der Waals surface area contributed by atoms with Crippen LogP contribution < -0.4 is 0 Å². The van der Waals surface area contributed by atoms with Crippen molar-refractivity contribution in [3.8, 4) is 0 Å². The second kappa shape index (κ2) is 7.90. The highest BCUT2D eigenvalue weighted by Gasteiger charge is 2.26. The van der Waals surface area contributed by atoms with Gasteiger partial charge in [0.1, 0.15) is 5.92 Å². The Morgan fingerprint density at radius 3 is 2.48 bits per heavy atom. The molecule has 1 aromatic rings. The highest BCUT2D eigenvalue weighted by Crippen LogP contribution is 2.26. The first kappa shape index (κ1) is 17.2. The fourth-order valence-corrected chi connectivity index (χ4v) is 2.86. The van der Waals surface area contributed by atoms with Crippen LogP contribution in [-0.2, 0) is 31.9 Å². The summed E-state index contributed by atoms with van der Waals surface area (Å²) in [6.45, 7) is 1.74. The van der Waals surface area contributed by atoms with Crippen LogP contribution in [0.5, 0.6) is 0 Å². The van der Waals surface area contributed by atoms with E-state index >= 15 is 0 Å². The third-order valence-corrected chi connectivity index (χ3v) is 4.23. The van der Waals surface area contributed by atoms with Crippen LogP contribution in [0.2, 0.25) is 0 Å². The number of hydrogen-bond acceptors (Lipinski definition) is 5. The molecule has 0 saturated carbocycles. The van der Waals surface area contributed by atoms with Crippen LogP contribution in [0.3, 0.4) is 0 Å². The number of ether oxygens (including phenoxy) is 2. The highest BCUT2D eigenvalue weighted by molar-refractivity contribution is 6.04. The minimum atomic E-state index is -0.719. The van der Waals surface area contributed by atoms with Crippen LogP contribution >= 0.6 is 0 Å². The molecule has 5 heteroatoms. The standard InChI is InChI=1S/C18H23NO4/c1-12(16(18(21)23-3)11-17(20)22-2)19-15-9-8-13-6-4-5-7-14(13)10-15/h8-10,16H,4-7,11H2,1-3H3. The first-order chi connectivity index (χ1) is 11.0. The van der Waals surface area contributed by atoms with Gasteiger partial charge in [0, 0.05) is 5.71 Å². The summed E-state index contributed by atoms with van der Waals surface area (Å²) in [5, 5.41) is 0. The maximum atomic E-state index is 11.9. The van der Waals surface area contributed by atoms with Crippen LogP contribution in [0.15, 0.2) is 23.2 Å². The first-order valence-corrected chi connectivity index (χ1v) is 7.86.